The summed E-state index contributed by atoms with van der Waals surface area (Å²) in [6.07, 6.45) is 0.904. The normalized spacial score (nSPS) is 13.7. The molecule has 0 spiro atoms. The predicted octanol–water partition coefficient (Wildman–Crippen LogP) is 2.88. The molecule has 0 aliphatic heterocycles. The van der Waals surface area contributed by atoms with E-state index in [0.29, 0.717) is 6.04 Å². The Hall–Kier alpha value is -0.570. The second-order valence-electron chi connectivity index (χ2n) is 5.40. The van der Waals surface area contributed by atoms with Crippen molar-refractivity contribution in [3.8, 4) is 0 Å². The highest BCUT2D eigenvalue weighted by atomic mass is 35.5. The molecule has 17 heavy (non-hydrogen) atoms. The Balaban J connectivity index is 2.45. The average Bonchev–Trinajstić information content (AvgIpc) is 2.30. The molecule has 0 aliphatic rings. The fraction of sp³-hybridized carbons (Fsp3) is 0.571. The Morgan fingerprint density at radius 1 is 1.35 bits per heavy atom. The van der Waals surface area contributed by atoms with Gasteiger partial charge in [-0.3, -0.25) is 0 Å². The fourth-order valence-electron chi connectivity index (χ4n) is 1.57. The van der Waals surface area contributed by atoms with Crippen LogP contribution in [-0.4, -0.2) is 24.3 Å². The van der Waals surface area contributed by atoms with Crippen molar-refractivity contribution in [2.45, 2.75) is 33.2 Å². The van der Waals surface area contributed by atoms with Crippen molar-refractivity contribution in [2.75, 3.05) is 13.2 Å². The van der Waals surface area contributed by atoms with Crippen molar-refractivity contribution >= 4 is 11.6 Å². The van der Waals surface area contributed by atoms with E-state index in [1.54, 1.807) is 0 Å². The van der Waals surface area contributed by atoms with E-state index < -0.39 is 0 Å². The lowest BCUT2D eigenvalue weighted by Gasteiger charge is -2.25. The van der Waals surface area contributed by atoms with Crippen LogP contribution in [0.4, 0.5) is 0 Å². The Kier molecular flexibility index (Phi) is 5.44. The number of aliphatic hydroxyl groups excluding tert-OH is 1. The quantitative estimate of drug-likeness (QED) is 0.819. The van der Waals surface area contributed by atoms with Crippen LogP contribution in [0, 0.1) is 5.41 Å². The van der Waals surface area contributed by atoms with Crippen molar-refractivity contribution in [2.24, 2.45) is 5.41 Å². The molecule has 0 saturated carbocycles. The van der Waals surface area contributed by atoms with Crippen LogP contribution in [0.1, 0.15) is 26.3 Å². The molecular weight excluding hydrogens is 234 g/mol. The molecule has 1 aromatic rings. The van der Waals surface area contributed by atoms with Gasteiger partial charge in [0, 0.05) is 29.6 Å². The topological polar surface area (TPSA) is 32.3 Å². The third-order valence-electron chi connectivity index (χ3n) is 2.84. The number of rotatable bonds is 6. The molecule has 1 rings (SSSR count). The smallest absolute Gasteiger partial charge is 0.0494 e. The molecule has 1 atom stereocenters. The van der Waals surface area contributed by atoms with Crippen molar-refractivity contribution in [1.29, 1.82) is 0 Å². The van der Waals surface area contributed by atoms with Crippen LogP contribution in [0.5, 0.6) is 0 Å². The van der Waals surface area contributed by atoms with E-state index in [1.807, 2.05) is 32.0 Å². The van der Waals surface area contributed by atoms with Gasteiger partial charge in [-0.1, -0.05) is 43.6 Å². The van der Waals surface area contributed by atoms with Crippen LogP contribution in [0.3, 0.4) is 0 Å². The fourth-order valence-corrected chi connectivity index (χ4v) is 1.79. The van der Waals surface area contributed by atoms with Gasteiger partial charge in [0.25, 0.3) is 0 Å². The van der Waals surface area contributed by atoms with Gasteiger partial charge in [0.15, 0.2) is 0 Å². The Morgan fingerprint density at radius 2 is 2.00 bits per heavy atom. The van der Waals surface area contributed by atoms with Gasteiger partial charge in [-0.2, -0.15) is 0 Å². The van der Waals surface area contributed by atoms with E-state index in [9.17, 15) is 5.11 Å². The first-order chi connectivity index (χ1) is 7.94. The van der Waals surface area contributed by atoms with Gasteiger partial charge in [0.05, 0.1) is 0 Å². The molecule has 3 heteroatoms. The van der Waals surface area contributed by atoms with Gasteiger partial charge in [0.2, 0.25) is 0 Å². The highest BCUT2D eigenvalue weighted by Gasteiger charge is 2.17. The first-order valence-electron chi connectivity index (χ1n) is 6.02. The molecule has 1 unspecified atom stereocenters. The van der Waals surface area contributed by atoms with E-state index in [1.165, 1.54) is 0 Å². The third kappa shape index (κ3) is 5.07. The molecule has 0 fully saturated rings. The number of nitrogens with one attached hydrogen (secondary N) is 1. The maximum atomic E-state index is 9.18. The molecule has 2 N–H and O–H groups in total. The minimum absolute atomic E-state index is 0.0747. The number of benzene rings is 1. The number of aliphatic hydroxyl groups is 1. The Labute approximate surface area is 109 Å². The van der Waals surface area contributed by atoms with Crippen molar-refractivity contribution in [3.05, 3.63) is 34.9 Å². The van der Waals surface area contributed by atoms with Crippen molar-refractivity contribution in [3.63, 3.8) is 0 Å². The van der Waals surface area contributed by atoms with Crippen LogP contribution >= 0.6 is 11.6 Å². The summed E-state index contributed by atoms with van der Waals surface area (Å²) in [6.45, 7) is 7.22. The molecule has 0 bridgehead atoms. The van der Waals surface area contributed by atoms with Gasteiger partial charge in [0.1, 0.15) is 0 Å². The van der Waals surface area contributed by atoms with Crippen LogP contribution in [0.2, 0.25) is 5.02 Å². The van der Waals surface area contributed by atoms with Crippen molar-refractivity contribution in [1.82, 2.24) is 5.32 Å². The van der Waals surface area contributed by atoms with Gasteiger partial charge >= 0.3 is 0 Å². The van der Waals surface area contributed by atoms with E-state index in [-0.39, 0.29) is 12.0 Å². The largest absolute Gasteiger partial charge is 0.396 e. The van der Waals surface area contributed by atoms with E-state index >= 15 is 0 Å². The summed E-state index contributed by atoms with van der Waals surface area (Å²) in [4.78, 5) is 0. The van der Waals surface area contributed by atoms with Crippen LogP contribution in [0.25, 0.3) is 0 Å². The summed E-state index contributed by atoms with van der Waals surface area (Å²) >= 11 is 6.12. The predicted molar refractivity (Wildman–Crippen MR) is 73.5 cm³/mol. The average molecular weight is 256 g/mol. The summed E-state index contributed by atoms with van der Waals surface area (Å²) in [7, 11) is 0. The zero-order valence-corrected chi connectivity index (χ0v) is 11.6. The van der Waals surface area contributed by atoms with Crippen LogP contribution < -0.4 is 5.32 Å². The van der Waals surface area contributed by atoms with E-state index in [0.717, 1.165) is 23.6 Å². The first-order valence-corrected chi connectivity index (χ1v) is 6.40. The molecule has 2 nitrogen and oxygen atoms in total. The van der Waals surface area contributed by atoms with Gasteiger partial charge in [-0.25, -0.2) is 0 Å². The standard InChI is InChI=1S/C14H22ClNO/c1-11(16-9-14(2,3)10-17)8-12-6-4-5-7-13(12)15/h4-7,11,16-17H,8-10H2,1-3H3. The van der Waals surface area contributed by atoms with Crippen LogP contribution in [0.15, 0.2) is 24.3 Å². The zero-order valence-electron chi connectivity index (χ0n) is 10.8. The minimum Gasteiger partial charge on any atom is -0.396 e. The SMILES string of the molecule is CC(Cc1ccccc1Cl)NCC(C)(C)CO. The molecule has 0 radical (unpaired) electrons. The Bertz CT molecular complexity index is 352. The first kappa shape index (κ1) is 14.5. The summed E-state index contributed by atoms with van der Waals surface area (Å²) < 4.78 is 0. The van der Waals surface area contributed by atoms with Crippen LogP contribution in [-0.2, 0) is 6.42 Å². The van der Waals surface area contributed by atoms with E-state index in [4.69, 9.17) is 11.6 Å². The molecular formula is C14H22ClNO. The molecule has 0 aliphatic carbocycles. The molecule has 0 heterocycles. The summed E-state index contributed by atoms with van der Waals surface area (Å²) in [6, 6.07) is 8.27. The highest BCUT2D eigenvalue weighted by molar-refractivity contribution is 6.31. The molecule has 0 amide bonds. The summed E-state index contributed by atoms with van der Waals surface area (Å²) in [5.74, 6) is 0. The van der Waals surface area contributed by atoms with Gasteiger partial charge < -0.3 is 10.4 Å². The lowest BCUT2D eigenvalue weighted by atomic mass is 9.94. The molecule has 0 aromatic heterocycles. The summed E-state index contributed by atoms with van der Waals surface area (Å²) in [5.41, 5.74) is 1.09. The van der Waals surface area contributed by atoms with Gasteiger partial charge in [-0.15, -0.1) is 0 Å². The molecule has 0 saturated heterocycles. The number of hydrogen-bond donors (Lipinski definition) is 2. The van der Waals surface area contributed by atoms with Gasteiger partial charge in [-0.05, 0) is 25.0 Å². The number of hydrogen-bond acceptors (Lipinski definition) is 2. The maximum Gasteiger partial charge on any atom is 0.0494 e. The van der Waals surface area contributed by atoms with Crippen molar-refractivity contribution < 1.29 is 5.11 Å². The van der Waals surface area contributed by atoms with E-state index in [2.05, 4.69) is 18.3 Å². The monoisotopic (exact) mass is 255 g/mol. The lowest BCUT2D eigenvalue weighted by molar-refractivity contribution is 0.154. The summed E-state index contributed by atoms with van der Waals surface area (Å²) in [5, 5.41) is 13.4. The zero-order chi connectivity index (χ0) is 12.9. The second kappa shape index (κ2) is 6.39. The molecule has 1 aromatic carbocycles. The number of halogens is 1. The minimum atomic E-state index is -0.0747. The third-order valence-corrected chi connectivity index (χ3v) is 3.21. The second-order valence-corrected chi connectivity index (χ2v) is 5.81. The molecule has 96 valence electrons. The lowest BCUT2D eigenvalue weighted by Crippen LogP contribution is -2.38. The highest BCUT2D eigenvalue weighted by Crippen LogP contribution is 2.17. The Morgan fingerprint density at radius 3 is 2.59 bits per heavy atom. The maximum absolute atomic E-state index is 9.18.